The number of carbonyl (C=O) groups excluding carboxylic acids is 2. The topological polar surface area (TPSA) is 76.4 Å². The molecule has 0 spiro atoms. The molecule has 2 aromatic heterocycles. The molecule has 0 aromatic carbocycles. The molecule has 8 nitrogen and oxygen atoms in total. The minimum absolute atomic E-state index is 0.0930. The van der Waals surface area contributed by atoms with Crippen molar-refractivity contribution in [1.82, 2.24) is 14.5 Å². The van der Waals surface area contributed by atoms with Gasteiger partial charge in [0.05, 0.1) is 24.0 Å². The molecule has 0 radical (unpaired) electrons. The standard InChI is InChI=1S/C23H31FN4O4/c1-14-12-19-18(13-17(24)20(21(29)31-5)28(19)25-14)26-10-8-16(9-11-26)27(15-6-7-15)22(30)32-23(2,3)4/h12-13,15-16H,6-11H2,1-5H3. The zero-order valence-corrected chi connectivity index (χ0v) is 19.4. The van der Waals surface area contributed by atoms with Crippen LogP contribution in [0.1, 0.15) is 62.6 Å². The number of hydrogen-bond donors (Lipinski definition) is 0. The van der Waals surface area contributed by atoms with E-state index in [1.165, 1.54) is 17.7 Å². The lowest BCUT2D eigenvalue weighted by Gasteiger charge is -2.40. The Hall–Kier alpha value is -2.84. The normalized spacial score (nSPS) is 17.5. The van der Waals surface area contributed by atoms with Gasteiger partial charge in [-0.05, 0) is 59.4 Å². The number of anilines is 1. The van der Waals surface area contributed by atoms with Gasteiger partial charge in [-0.25, -0.2) is 18.5 Å². The van der Waals surface area contributed by atoms with Gasteiger partial charge in [0, 0.05) is 31.2 Å². The summed E-state index contributed by atoms with van der Waals surface area (Å²) in [5.41, 5.74) is 1.29. The molecule has 3 heterocycles. The van der Waals surface area contributed by atoms with Crippen molar-refractivity contribution in [2.75, 3.05) is 25.1 Å². The number of rotatable bonds is 4. The number of carbonyl (C=O) groups is 2. The lowest BCUT2D eigenvalue weighted by Crippen LogP contribution is -2.50. The molecule has 1 aliphatic heterocycles. The highest BCUT2D eigenvalue weighted by Gasteiger charge is 2.41. The Labute approximate surface area is 187 Å². The van der Waals surface area contributed by atoms with Gasteiger partial charge in [-0.3, -0.25) is 0 Å². The van der Waals surface area contributed by atoms with E-state index < -0.39 is 17.4 Å². The molecule has 1 saturated carbocycles. The van der Waals surface area contributed by atoms with E-state index in [4.69, 9.17) is 9.47 Å². The van der Waals surface area contributed by atoms with Gasteiger partial charge in [0.25, 0.3) is 0 Å². The molecule has 0 N–H and O–H groups in total. The summed E-state index contributed by atoms with van der Waals surface area (Å²) in [5.74, 6) is -1.43. The molecule has 1 amide bonds. The van der Waals surface area contributed by atoms with Crippen molar-refractivity contribution in [2.45, 2.75) is 71.1 Å². The van der Waals surface area contributed by atoms with E-state index in [0.717, 1.165) is 25.7 Å². The number of ether oxygens (including phenoxy) is 2. The van der Waals surface area contributed by atoms with Crippen LogP contribution in [0.15, 0.2) is 12.1 Å². The average Bonchev–Trinajstić information content (AvgIpc) is 3.46. The number of methoxy groups -OCH3 is 1. The second-order valence-electron chi connectivity index (χ2n) is 9.64. The second kappa shape index (κ2) is 8.26. The van der Waals surface area contributed by atoms with Gasteiger partial charge in [-0.15, -0.1) is 0 Å². The van der Waals surface area contributed by atoms with Crippen LogP contribution in [0.25, 0.3) is 5.52 Å². The van der Waals surface area contributed by atoms with Crippen LogP contribution in [0.5, 0.6) is 0 Å². The Morgan fingerprint density at radius 1 is 1.12 bits per heavy atom. The summed E-state index contributed by atoms with van der Waals surface area (Å²) in [6.45, 7) is 8.76. The van der Waals surface area contributed by atoms with E-state index in [1.807, 2.05) is 31.7 Å². The summed E-state index contributed by atoms with van der Waals surface area (Å²) in [4.78, 5) is 29.0. The molecule has 1 aliphatic carbocycles. The summed E-state index contributed by atoms with van der Waals surface area (Å²) >= 11 is 0. The Balaban J connectivity index is 1.56. The molecule has 0 bridgehead atoms. The van der Waals surface area contributed by atoms with Crippen molar-refractivity contribution in [1.29, 1.82) is 0 Å². The maximum Gasteiger partial charge on any atom is 0.410 e. The Kier molecular flexibility index (Phi) is 5.77. The Morgan fingerprint density at radius 3 is 2.31 bits per heavy atom. The largest absolute Gasteiger partial charge is 0.464 e. The van der Waals surface area contributed by atoms with Crippen LogP contribution >= 0.6 is 0 Å². The molecule has 2 aromatic rings. The van der Waals surface area contributed by atoms with Gasteiger partial charge in [-0.1, -0.05) is 0 Å². The summed E-state index contributed by atoms with van der Waals surface area (Å²) < 4.78 is 26.6. The van der Waals surface area contributed by atoms with E-state index in [1.54, 1.807) is 6.92 Å². The van der Waals surface area contributed by atoms with Gasteiger partial charge >= 0.3 is 12.1 Å². The first-order chi connectivity index (χ1) is 15.1. The number of esters is 1. The average molecular weight is 447 g/mol. The highest BCUT2D eigenvalue weighted by Crippen LogP contribution is 2.35. The predicted octanol–water partition coefficient (Wildman–Crippen LogP) is 3.94. The lowest BCUT2D eigenvalue weighted by atomic mass is 10.0. The fourth-order valence-electron chi connectivity index (χ4n) is 4.40. The molecular formula is C23H31FN4O4. The number of hydrogen-bond acceptors (Lipinski definition) is 6. The van der Waals surface area contributed by atoms with Crippen molar-refractivity contribution >= 4 is 23.3 Å². The van der Waals surface area contributed by atoms with Gasteiger partial charge in [0.1, 0.15) is 5.60 Å². The highest BCUT2D eigenvalue weighted by atomic mass is 19.1. The third-order valence-corrected chi connectivity index (χ3v) is 5.92. The first-order valence-corrected chi connectivity index (χ1v) is 11.1. The maximum absolute atomic E-state index is 14.9. The minimum atomic E-state index is -0.765. The summed E-state index contributed by atoms with van der Waals surface area (Å²) in [6.07, 6.45) is 3.29. The van der Waals surface area contributed by atoms with Crippen molar-refractivity contribution in [3.05, 3.63) is 29.3 Å². The Morgan fingerprint density at radius 2 is 1.75 bits per heavy atom. The lowest BCUT2D eigenvalue weighted by molar-refractivity contribution is 0.0113. The smallest absolute Gasteiger partial charge is 0.410 e. The molecule has 2 fully saturated rings. The zero-order chi connectivity index (χ0) is 23.2. The molecule has 9 heteroatoms. The fraction of sp³-hybridized carbons (Fsp3) is 0.609. The van der Waals surface area contributed by atoms with E-state index in [9.17, 15) is 14.0 Å². The Bertz CT molecular complexity index is 1030. The number of pyridine rings is 1. The van der Waals surface area contributed by atoms with Crippen LogP contribution in [-0.2, 0) is 9.47 Å². The van der Waals surface area contributed by atoms with E-state index in [-0.39, 0.29) is 23.9 Å². The molecule has 0 atom stereocenters. The third-order valence-electron chi connectivity index (χ3n) is 5.92. The molecule has 174 valence electrons. The van der Waals surface area contributed by atoms with E-state index >= 15 is 0 Å². The number of fused-ring (bicyclic) bond motifs is 1. The van der Waals surface area contributed by atoms with Crippen LogP contribution in [0.4, 0.5) is 14.9 Å². The highest BCUT2D eigenvalue weighted by molar-refractivity contribution is 5.90. The zero-order valence-electron chi connectivity index (χ0n) is 19.4. The van der Waals surface area contributed by atoms with Crippen molar-refractivity contribution < 1.29 is 23.5 Å². The number of amides is 1. The number of aromatic nitrogens is 2. The van der Waals surface area contributed by atoms with Crippen molar-refractivity contribution in [3.8, 4) is 0 Å². The minimum Gasteiger partial charge on any atom is -0.464 e. The third kappa shape index (κ3) is 4.38. The maximum atomic E-state index is 14.9. The SMILES string of the molecule is COC(=O)c1c(F)cc(N2CCC(N(C(=O)OC(C)(C)C)C3CC3)CC2)c2cc(C)nn12. The van der Waals surface area contributed by atoms with Gasteiger partial charge in [0.15, 0.2) is 11.5 Å². The van der Waals surface area contributed by atoms with Crippen LogP contribution < -0.4 is 4.90 Å². The monoisotopic (exact) mass is 446 g/mol. The van der Waals surface area contributed by atoms with Crippen molar-refractivity contribution in [3.63, 3.8) is 0 Å². The number of halogens is 1. The number of aryl methyl sites for hydroxylation is 1. The van der Waals surface area contributed by atoms with Crippen LogP contribution in [0.3, 0.4) is 0 Å². The predicted molar refractivity (Wildman–Crippen MR) is 118 cm³/mol. The fourth-order valence-corrected chi connectivity index (χ4v) is 4.40. The van der Waals surface area contributed by atoms with E-state index in [0.29, 0.717) is 30.0 Å². The first kappa shape index (κ1) is 22.4. The van der Waals surface area contributed by atoms with Crippen LogP contribution in [0.2, 0.25) is 0 Å². The number of piperidine rings is 1. The van der Waals surface area contributed by atoms with Crippen molar-refractivity contribution in [2.24, 2.45) is 0 Å². The number of nitrogens with zero attached hydrogens (tertiary/aromatic N) is 4. The summed E-state index contributed by atoms with van der Waals surface area (Å²) in [5, 5.41) is 4.31. The molecule has 2 aliphatic rings. The second-order valence-corrected chi connectivity index (χ2v) is 9.64. The van der Waals surface area contributed by atoms with Gasteiger partial charge in [-0.2, -0.15) is 5.10 Å². The summed E-state index contributed by atoms with van der Waals surface area (Å²) in [6, 6.07) is 3.57. The molecule has 4 rings (SSSR count). The van der Waals surface area contributed by atoms with E-state index in [2.05, 4.69) is 10.00 Å². The van der Waals surface area contributed by atoms with Gasteiger partial charge < -0.3 is 19.3 Å². The quantitative estimate of drug-likeness (QED) is 0.663. The molecular weight excluding hydrogens is 415 g/mol. The first-order valence-electron chi connectivity index (χ1n) is 11.1. The molecule has 32 heavy (non-hydrogen) atoms. The molecule has 1 saturated heterocycles. The summed E-state index contributed by atoms with van der Waals surface area (Å²) in [7, 11) is 1.22. The van der Waals surface area contributed by atoms with Crippen LogP contribution in [-0.4, -0.2) is 64.5 Å². The van der Waals surface area contributed by atoms with Gasteiger partial charge in [0.2, 0.25) is 0 Å². The van der Waals surface area contributed by atoms with Crippen LogP contribution in [0, 0.1) is 12.7 Å². The molecule has 0 unspecified atom stereocenters.